The molecule has 1 aromatic carbocycles. The first kappa shape index (κ1) is 22.7. The van der Waals surface area contributed by atoms with E-state index in [4.69, 9.17) is 9.26 Å². The minimum Gasteiger partial charge on any atom is -0.417 e. The fourth-order valence-corrected chi connectivity index (χ4v) is 5.55. The molecular formula is C24H39NO3Si. The van der Waals surface area contributed by atoms with Crippen LogP contribution < -0.4 is 0 Å². The van der Waals surface area contributed by atoms with Gasteiger partial charge >= 0.3 is 0 Å². The van der Waals surface area contributed by atoms with E-state index in [1.54, 1.807) is 0 Å². The van der Waals surface area contributed by atoms with Crippen LogP contribution in [-0.2, 0) is 20.7 Å². The molecule has 0 N–H and O–H groups in total. The van der Waals surface area contributed by atoms with Crippen molar-refractivity contribution >= 4 is 14.1 Å². The normalized spacial score (nSPS) is 26.4. The maximum Gasteiger partial charge on any atom is 0.191 e. The fourth-order valence-electron chi connectivity index (χ4n) is 4.49. The number of benzene rings is 1. The van der Waals surface area contributed by atoms with Crippen LogP contribution >= 0.6 is 0 Å². The summed E-state index contributed by atoms with van der Waals surface area (Å²) >= 11 is 0. The molecule has 1 aromatic rings. The first-order valence-electron chi connectivity index (χ1n) is 11.3. The maximum absolute atomic E-state index is 12.9. The van der Waals surface area contributed by atoms with Gasteiger partial charge < -0.3 is 4.43 Å². The lowest BCUT2D eigenvalue weighted by Gasteiger charge is -2.47. The zero-order valence-electron chi connectivity index (χ0n) is 19.0. The number of hydrogen-bond donors (Lipinski definition) is 0. The minimum atomic E-state index is -1.76. The lowest BCUT2D eigenvalue weighted by atomic mass is 9.82. The summed E-state index contributed by atoms with van der Waals surface area (Å²) in [5.41, 5.74) is 0.740. The highest BCUT2D eigenvalue weighted by molar-refractivity contribution is 6.74. The van der Waals surface area contributed by atoms with Gasteiger partial charge in [0.2, 0.25) is 0 Å². The van der Waals surface area contributed by atoms with Gasteiger partial charge in [-0.3, -0.25) is 9.63 Å². The van der Waals surface area contributed by atoms with E-state index in [1.807, 2.05) is 18.2 Å². The molecule has 3 rings (SSSR count). The average Bonchev–Trinajstić information content (AvgIpc) is 3.02. The van der Waals surface area contributed by atoms with E-state index in [0.29, 0.717) is 18.8 Å². The van der Waals surface area contributed by atoms with Crippen LogP contribution in [0.15, 0.2) is 30.3 Å². The van der Waals surface area contributed by atoms with Gasteiger partial charge in [-0.2, -0.15) is 5.06 Å². The van der Waals surface area contributed by atoms with Crippen LogP contribution in [0.3, 0.4) is 0 Å². The molecule has 2 atom stereocenters. The lowest BCUT2D eigenvalue weighted by Crippen LogP contribution is -2.59. The van der Waals surface area contributed by atoms with Crippen LogP contribution in [0.4, 0.5) is 0 Å². The second kappa shape index (κ2) is 9.01. The Morgan fingerprint density at radius 2 is 1.83 bits per heavy atom. The Labute approximate surface area is 178 Å². The average molecular weight is 418 g/mol. The van der Waals surface area contributed by atoms with Crippen molar-refractivity contribution in [3.8, 4) is 0 Å². The molecule has 0 bridgehead atoms. The quantitative estimate of drug-likeness (QED) is 0.520. The van der Waals surface area contributed by atoms with Gasteiger partial charge in [-0.05, 0) is 62.2 Å². The van der Waals surface area contributed by atoms with Gasteiger partial charge in [0.05, 0.1) is 6.61 Å². The highest BCUT2D eigenvalue weighted by atomic mass is 28.4. The van der Waals surface area contributed by atoms with E-state index in [9.17, 15) is 4.79 Å². The van der Waals surface area contributed by atoms with Gasteiger partial charge in [0.1, 0.15) is 5.54 Å². The highest BCUT2D eigenvalue weighted by Gasteiger charge is 2.52. The van der Waals surface area contributed by atoms with E-state index in [1.165, 1.54) is 0 Å². The smallest absolute Gasteiger partial charge is 0.191 e. The van der Waals surface area contributed by atoms with Crippen molar-refractivity contribution in [1.82, 2.24) is 5.06 Å². The SMILES string of the molecule is CC(C)(C)[Si](C)(C)OCC[C@H]1CCC[C@@]2(CCCC2=O)N1OCc1ccccc1. The molecule has 162 valence electrons. The zero-order chi connectivity index (χ0) is 21.1. The number of carbonyl (C=O) groups excluding carboxylic acids is 1. The van der Waals surface area contributed by atoms with E-state index in [2.05, 4.69) is 51.1 Å². The van der Waals surface area contributed by atoms with Crippen molar-refractivity contribution < 1.29 is 14.1 Å². The van der Waals surface area contributed by atoms with Gasteiger partial charge in [0, 0.05) is 19.1 Å². The van der Waals surface area contributed by atoms with Gasteiger partial charge in [0.25, 0.3) is 0 Å². The summed E-state index contributed by atoms with van der Waals surface area (Å²) < 4.78 is 6.46. The third-order valence-electron chi connectivity index (χ3n) is 7.33. The molecular weight excluding hydrogens is 378 g/mol. The minimum absolute atomic E-state index is 0.214. The molecule has 0 unspecified atom stereocenters. The van der Waals surface area contributed by atoms with E-state index in [-0.39, 0.29) is 11.1 Å². The Bertz CT molecular complexity index is 685. The molecule has 1 heterocycles. The predicted octanol–water partition coefficient (Wildman–Crippen LogP) is 5.88. The van der Waals surface area contributed by atoms with Crippen molar-refractivity contribution in [3.63, 3.8) is 0 Å². The van der Waals surface area contributed by atoms with Crippen molar-refractivity contribution in [2.75, 3.05) is 6.61 Å². The summed E-state index contributed by atoms with van der Waals surface area (Å²) in [6.45, 7) is 12.7. The van der Waals surface area contributed by atoms with E-state index in [0.717, 1.165) is 50.7 Å². The number of hydrogen-bond acceptors (Lipinski definition) is 4. The molecule has 4 nitrogen and oxygen atoms in total. The van der Waals surface area contributed by atoms with Crippen LogP contribution in [0.2, 0.25) is 18.1 Å². The van der Waals surface area contributed by atoms with E-state index < -0.39 is 13.9 Å². The molecule has 1 spiro atoms. The second-order valence-electron chi connectivity index (χ2n) is 10.3. The Balaban J connectivity index is 1.70. The molecule has 1 aliphatic heterocycles. The van der Waals surface area contributed by atoms with Gasteiger partial charge in [-0.25, -0.2) is 0 Å². The molecule has 5 heteroatoms. The molecule has 1 saturated heterocycles. The molecule has 2 fully saturated rings. The summed E-state index contributed by atoms with van der Waals surface area (Å²) in [6, 6.07) is 10.5. The molecule has 29 heavy (non-hydrogen) atoms. The first-order valence-corrected chi connectivity index (χ1v) is 14.2. The first-order chi connectivity index (χ1) is 13.7. The molecule has 1 aliphatic carbocycles. The summed E-state index contributed by atoms with van der Waals surface area (Å²) in [6.07, 6.45) is 6.64. The van der Waals surface area contributed by atoms with Crippen LogP contribution in [-0.4, -0.2) is 37.4 Å². The predicted molar refractivity (Wildman–Crippen MR) is 120 cm³/mol. The fraction of sp³-hybridized carbons (Fsp3) is 0.708. The van der Waals surface area contributed by atoms with Crippen LogP contribution in [0.25, 0.3) is 0 Å². The highest BCUT2D eigenvalue weighted by Crippen LogP contribution is 2.43. The third kappa shape index (κ3) is 5.01. The number of hydroxylamine groups is 2. The second-order valence-corrected chi connectivity index (χ2v) is 15.1. The standard InChI is InChI=1S/C24H39NO3Si/c1-23(2,3)29(4,5)28-18-15-21-13-9-16-24(17-10-14-22(24)26)25(21)27-19-20-11-7-6-8-12-20/h6-8,11-12,21H,9-10,13-19H2,1-5H3/t21-,24+/m1/s1. The van der Waals surface area contributed by atoms with Gasteiger partial charge in [-0.15, -0.1) is 0 Å². The van der Waals surface area contributed by atoms with Crippen LogP contribution in [0.5, 0.6) is 0 Å². The number of rotatable bonds is 7. The van der Waals surface area contributed by atoms with Gasteiger partial charge in [-0.1, -0.05) is 51.1 Å². The monoisotopic (exact) mass is 417 g/mol. The van der Waals surface area contributed by atoms with E-state index >= 15 is 0 Å². The topological polar surface area (TPSA) is 38.8 Å². The summed E-state index contributed by atoms with van der Waals surface area (Å²) in [7, 11) is -1.76. The Morgan fingerprint density at radius 1 is 1.14 bits per heavy atom. The van der Waals surface area contributed by atoms with Crippen molar-refractivity contribution in [2.45, 2.75) is 102 Å². The number of carbonyl (C=O) groups is 1. The third-order valence-corrected chi connectivity index (χ3v) is 11.9. The van der Waals surface area contributed by atoms with Crippen molar-refractivity contribution in [2.24, 2.45) is 0 Å². The molecule has 0 radical (unpaired) electrons. The summed E-state index contributed by atoms with van der Waals surface area (Å²) in [5.74, 6) is 0.376. The maximum atomic E-state index is 12.9. The Kier molecular flexibility index (Phi) is 7.04. The Morgan fingerprint density at radius 3 is 2.45 bits per heavy atom. The van der Waals surface area contributed by atoms with Crippen molar-refractivity contribution in [3.05, 3.63) is 35.9 Å². The number of ketones is 1. The summed E-state index contributed by atoms with van der Waals surface area (Å²) in [4.78, 5) is 19.3. The van der Waals surface area contributed by atoms with Crippen molar-refractivity contribution in [1.29, 1.82) is 0 Å². The number of Topliss-reactive ketones (excluding diaryl/α,β-unsaturated/α-hetero) is 1. The molecule has 0 amide bonds. The van der Waals surface area contributed by atoms with Crippen LogP contribution in [0, 0.1) is 0 Å². The lowest BCUT2D eigenvalue weighted by molar-refractivity contribution is -0.263. The zero-order valence-corrected chi connectivity index (χ0v) is 20.0. The van der Waals surface area contributed by atoms with Gasteiger partial charge in [0.15, 0.2) is 14.1 Å². The summed E-state index contributed by atoms with van der Waals surface area (Å²) in [5, 5.41) is 2.33. The Hall–Kier alpha value is -1.01. The number of nitrogens with zero attached hydrogens (tertiary/aromatic N) is 1. The number of piperidine rings is 1. The molecule has 0 aromatic heterocycles. The molecule has 1 saturated carbocycles. The largest absolute Gasteiger partial charge is 0.417 e. The molecule has 2 aliphatic rings. The van der Waals surface area contributed by atoms with Crippen LogP contribution in [0.1, 0.15) is 71.3 Å².